The van der Waals surface area contributed by atoms with Gasteiger partial charge >= 0.3 is 6.55 Å². The molecular formula is C16H17F3N4O3S. The van der Waals surface area contributed by atoms with E-state index in [-0.39, 0.29) is 42.7 Å². The van der Waals surface area contributed by atoms with Gasteiger partial charge in [0.2, 0.25) is 10.0 Å². The molecule has 1 aliphatic rings. The van der Waals surface area contributed by atoms with E-state index in [1.54, 1.807) is 0 Å². The molecule has 27 heavy (non-hydrogen) atoms. The lowest BCUT2D eigenvalue weighted by Gasteiger charge is -2.33. The normalized spacial score (nSPS) is 16.1. The van der Waals surface area contributed by atoms with Crippen LogP contribution in [-0.2, 0) is 10.0 Å². The highest BCUT2D eigenvalue weighted by Crippen LogP contribution is 2.23. The number of rotatable bonds is 4. The number of halogens is 3. The molecular weight excluding hydrogens is 385 g/mol. The molecule has 0 radical (unpaired) electrons. The number of hydrogen-bond acceptors (Lipinski definition) is 4. The van der Waals surface area contributed by atoms with Gasteiger partial charge in [-0.3, -0.25) is 4.79 Å². The molecule has 1 saturated heterocycles. The second-order valence-corrected chi connectivity index (χ2v) is 7.95. The van der Waals surface area contributed by atoms with Crippen molar-refractivity contribution in [3.8, 4) is 0 Å². The fourth-order valence-corrected chi connectivity index (χ4v) is 4.44. The predicted molar refractivity (Wildman–Crippen MR) is 89.3 cm³/mol. The number of sulfonamides is 1. The van der Waals surface area contributed by atoms with Crippen LogP contribution in [0.25, 0.3) is 0 Å². The molecule has 1 aromatic heterocycles. The zero-order valence-electron chi connectivity index (χ0n) is 14.3. The van der Waals surface area contributed by atoms with Crippen molar-refractivity contribution < 1.29 is 26.4 Å². The minimum atomic E-state index is -4.00. The monoisotopic (exact) mass is 402 g/mol. The van der Waals surface area contributed by atoms with Crippen molar-refractivity contribution in [2.75, 3.05) is 26.2 Å². The van der Waals surface area contributed by atoms with Crippen molar-refractivity contribution >= 4 is 15.9 Å². The van der Waals surface area contributed by atoms with Crippen molar-refractivity contribution in [1.29, 1.82) is 0 Å². The van der Waals surface area contributed by atoms with E-state index in [2.05, 4.69) is 5.10 Å². The van der Waals surface area contributed by atoms with Gasteiger partial charge in [-0.15, -0.1) is 0 Å². The van der Waals surface area contributed by atoms with E-state index in [1.807, 2.05) is 0 Å². The van der Waals surface area contributed by atoms with E-state index in [0.29, 0.717) is 10.2 Å². The van der Waals surface area contributed by atoms with Gasteiger partial charge in [0.1, 0.15) is 10.7 Å². The average Bonchev–Trinajstić information content (AvgIpc) is 3.05. The van der Waals surface area contributed by atoms with Crippen LogP contribution in [0.15, 0.2) is 35.4 Å². The highest BCUT2D eigenvalue weighted by atomic mass is 32.2. The number of benzene rings is 1. The molecule has 0 saturated carbocycles. The first kappa shape index (κ1) is 19.4. The number of piperazine rings is 1. The van der Waals surface area contributed by atoms with E-state index in [9.17, 15) is 26.4 Å². The smallest absolute Gasteiger partial charge is 0.333 e. The average molecular weight is 402 g/mol. The molecule has 0 aliphatic carbocycles. The van der Waals surface area contributed by atoms with Gasteiger partial charge in [0.25, 0.3) is 5.91 Å². The summed E-state index contributed by atoms with van der Waals surface area (Å²) >= 11 is 0. The second kappa shape index (κ2) is 7.31. The molecule has 146 valence electrons. The fourth-order valence-electron chi connectivity index (χ4n) is 2.86. The van der Waals surface area contributed by atoms with Crippen LogP contribution in [-0.4, -0.2) is 59.5 Å². The Morgan fingerprint density at radius 3 is 2.22 bits per heavy atom. The molecule has 1 aliphatic heterocycles. The number of aryl methyl sites for hydroxylation is 1. The number of carbonyl (C=O) groups excluding carboxylic acids is 1. The van der Waals surface area contributed by atoms with Crippen molar-refractivity contribution in [2.45, 2.75) is 18.4 Å². The third-order valence-corrected chi connectivity index (χ3v) is 6.31. The molecule has 0 unspecified atom stereocenters. The maximum absolute atomic E-state index is 13.0. The maximum atomic E-state index is 13.0. The van der Waals surface area contributed by atoms with Crippen LogP contribution in [0.3, 0.4) is 0 Å². The summed E-state index contributed by atoms with van der Waals surface area (Å²) in [5.41, 5.74) is 0.293. The van der Waals surface area contributed by atoms with Gasteiger partial charge in [0.05, 0.1) is 11.9 Å². The minimum Gasteiger partial charge on any atom is -0.336 e. The van der Waals surface area contributed by atoms with Gasteiger partial charge in [-0.1, -0.05) is 0 Å². The van der Waals surface area contributed by atoms with E-state index in [4.69, 9.17) is 0 Å². The largest absolute Gasteiger partial charge is 0.336 e. The predicted octanol–water partition coefficient (Wildman–Crippen LogP) is 1.87. The van der Waals surface area contributed by atoms with Crippen molar-refractivity contribution in [3.05, 3.63) is 47.5 Å². The van der Waals surface area contributed by atoms with Gasteiger partial charge < -0.3 is 4.90 Å². The zero-order valence-corrected chi connectivity index (χ0v) is 15.2. The molecule has 1 amide bonds. The molecule has 0 atom stereocenters. The summed E-state index contributed by atoms with van der Waals surface area (Å²) < 4.78 is 65.3. The third-order valence-electron chi connectivity index (χ3n) is 4.31. The number of aromatic nitrogens is 2. The summed E-state index contributed by atoms with van der Waals surface area (Å²) in [5.74, 6) is -0.782. The lowest BCUT2D eigenvalue weighted by molar-refractivity contribution is 0.0560. The second-order valence-electron chi connectivity index (χ2n) is 6.04. The fraction of sp³-hybridized carbons (Fsp3) is 0.375. The van der Waals surface area contributed by atoms with Gasteiger partial charge in [-0.25, -0.2) is 17.5 Å². The first-order chi connectivity index (χ1) is 12.7. The van der Waals surface area contributed by atoms with Crippen LogP contribution in [0.4, 0.5) is 13.2 Å². The van der Waals surface area contributed by atoms with E-state index in [1.165, 1.54) is 36.1 Å². The molecule has 2 heterocycles. The summed E-state index contributed by atoms with van der Waals surface area (Å²) in [5, 5.41) is 3.53. The van der Waals surface area contributed by atoms with Crippen LogP contribution in [0, 0.1) is 12.7 Å². The Balaban J connectivity index is 1.71. The Hall–Kier alpha value is -2.40. The van der Waals surface area contributed by atoms with Gasteiger partial charge in [-0.05, 0) is 31.2 Å². The summed E-state index contributed by atoms with van der Waals surface area (Å²) in [6.07, 6.45) is 0.811. The number of amides is 1. The van der Waals surface area contributed by atoms with Gasteiger partial charge in [0, 0.05) is 31.7 Å². The molecule has 0 N–H and O–H groups in total. The molecule has 2 aromatic rings. The quantitative estimate of drug-likeness (QED) is 0.783. The SMILES string of the molecule is Cc1nn(C(F)F)cc1S(=O)(=O)N1CCN(C(=O)c2ccc(F)cc2)CC1. The number of nitrogens with zero attached hydrogens (tertiary/aromatic N) is 4. The molecule has 11 heteroatoms. The van der Waals surface area contributed by atoms with E-state index in [0.717, 1.165) is 10.5 Å². The van der Waals surface area contributed by atoms with Crippen molar-refractivity contribution in [2.24, 2.45) is 0 Å². The Labute approximate surface area is 154 Å². The van der Waals surface area contributed by atoms with Crippen LogP contribution >= 0.6 is 0 Å². The maximum Gasteiger partial charge on any atom is 0.333 e. The Bertz CT molecular complexity index is 936. The van der Waals surface area contributed by atoms with Crippen molar-refractivity contribution in [3.63, 3.8) is 0 Å². The van der Waals surface area contributed by atoms with Crippen LogP contribution < -0.4 is 0 Å². The zero-order chi connectivity index (χ0) is 19.8. The highest BCUT2D eigenvalue weighted by molar-refractivity contribution is 7.89. The Kier molecular flexibility index (Phi) is 5.24. The van der Waals surface area contributed by atoms with Crippen molar-refractivity contribution in [1.82, 2.24) is 19.0 Å². The summed E-state index contributed by atoms with van der Waals surface area (Å²) in [4.78, 5) is 13.6. The standard InChI is InChI=1S/C16H17F3N4O3S/c1-11-14(10-23(20-11)16(18)19)27(25,26)22-8-6-21(7-9-22)15(24)12-2-4-13(17)5-3-12/h2-5,10,16H,6-9H2,1H3. The Morgan fingerprint density at radius 2 is 1.70 bits per heavy atom. The summed E-state index contributed by atoms with van der Waals surface area (Å²) in [7, 11) is -4.00. The van der Waals surface area contributed by atoms with Gasteiger partial charge in [0.15, 0.2) is 0 Å². The number of carbonyl (C=O) groups is 1. The molecule has 1 fully saturated rings. The first-order valence-corrected chi connectivity index (χ1v) is 9.53. The molecule has 3 rings (SSSR count). The number of alkyl halides is 2. The van der Waals surface area contributed by atoms with Gasteiger partial charge in [-0.2, -0.15) is 18.2 Å². The lowest BCUT2D eigenvalue weighted by Crippen LogP contribution is -2.50. The van der Waals surface area contributed by atoms with Crippen LogP contribution in [0.5, 0.6) is 0 Å². The number of hydrogen-bond donors (Lipinski definition) is 0. The molecule has 7 nitrogen and oxygen atoms in total. The minimum absolute atomic E-state index is 0.0138. The summed E-state index contributed by atoms with van der Waals surface area (Å²) in [6.45, 7) is -1.27. The molecule has 0 bridgehead atoms. The topological polar surface area (TPSA) is 75.5 Å². The first-order valence-electron chi connectivity index (χ1n) is 8.09. The third kappa shape index (κ3) is 3.83. The molecule has 1 aromatic carbocycles. The van der Waals surface area contributed by atoms with E-state index >= 15 is 0 Å². The lowest BCUT2D eigenvalue weighted by atomic mass is 10.2. The highest BCUT2D eigenvalue weighted by Gasteiger charge is 2.33. The summed E-state index contributed by atoms with van der Waals surface area (Å²) in [6, 6.07) is 5.08. The molecule has 0 spiro atoms. The Morgan fingerprint density at radius 1 is 1.11 bits per heavy atom. The van der Waals surface area contributed by atoms with Crippen LogP contribution in [0.1, 0.15) is 22.6 Å². The van der Waals surface area contributed by atoms with Crippen LogP contribution in [0.2, 0.25) is 0 Å². The van der Waals surface area contributed by atoms with E-state index < -0.39 is 22.4 Å².